The van der Waals surface area contributed by atoms with Crippen molar-refractivity contribution in [2.45, 2.75) is 59.0 Å². The van der Waals surface area contributed by atoms with Crippen LogP contribution in [0.4, 0.5) is 16.0 Å². The third-order valence-corrected chi connectivity index (χ3v) is 7.91. The summed E-state index contributed by atoms with van der Waals surface area (Å²) >= 11 is 0. The van der Waals surface area contributed by atoms with Gasteiger partial charge in [0.05, 0.1) is 11.3 Å². The van der Waals surface area contributed by atoms with Crippen LogP contribution in [0, 0.1) is 5.82 Å². The fourth-order valence-corrected chi connectivity index (χ4v) is 5.64. The van der Waals surface area contributed by atoms with E-state index in [1.165, 1.54) is 45.2 Å². The molecule has 236 valence electrons. The second kappa shape index (κ2) is 13.8. The van der Waals surface area contributed by atoms with Crippen LogP contribution in [-0.4, -0.2) is 68.6 Å². The highest BCUT2D eigenvalue weighted by molar-refractivity contribution is 6.07. The Morgan fingerprint density at radius 2 is 1.80 bits per heavy atom. The van der Waals surface area contributed by atoms with Gasteiger partial charge in [-0.05, 0) is 55.7 Å². The van der Waals surface area contributed by atoms with Crippen LogP contribution in [0.2, 0.25) is 0 Å². The molecule has 0 aliphatic carbocycles. The maximum atomic E-state index is 13.6. The second-order valence-electron chi connectivity index (χ2n) is 11.1. The van der Waals surface area contributed by atoms with E-state index in [9.17, 15) is 28.4 Å². The van der Waals surface area contributed by atoms with Crippen LogP contribution in [-0.2, 0) is 29.1 Å². The number of likely N-dealkylation sites (tertiary alicyclic amines) is 1. The summed E-state index contributed by atoms with van der Waals surface area (Å²) in [5.41, 5.74) is 1.00. The number of pyridine rings is 1. The van der Waals surface area contributed by atoms with Gasteiger partial charge in [0.25, 0.3) is 11.5 Å². The Labute approximate surface area is 259 Å². The van der Waals surface area contributed by atoms with Gasteiger partial charge in [0.15, 0.2) is 0 Å². The standard InChI is InChI=1S/C32H36FN7O5/c1-3-14-40-31(44)25-19-26(36-29(25)39(32(40)45)18-13-34-21(2)41)23-9-12-27(35-20-23)38(17-5-16-37-15-4-6-28(37)42)30(43)22-7-10-24(33)11-8-22/h7-12,20H,3-6,13-19H2,1-2H3,(H,34,41). The lowest BCUT2D eigenvalue weighted by Crippen LogP contribution is -2.42. The molecular formula is C32H36FN7O5. The molecule has 13 heteroatoms. The number of nitrogens with one attached hydrogen (secondary N) is 1. The van der Waals surface area contributed by atoms with E-state index in [0.29, 0.717) is 60.6 Å². The lowest BCUT2D eigenvalue weighted by Gasteiger charge is -2.24. The zero-order valence-electron chi connectivity index (χ0n) is 25.4. The first kappa shape index (κ1) is 31.5. The van der Waals surface area contributed by atoms with Crippen molar-refractivity contribution in [2.24, 2.45) is 4.99 Å². The molecule has 0 atom stereocenters. The number of rotatable bonds is 12. The van der Waals surface area contributed by atoms with Crippen molar-refractivity contribution in [3.8, 4) is 0 Å². The zero-order chi connectivity index (χ0) is 32.1. The van der Waals surface area contributed by atoms with Crippen molar-refractivity contribution >= 4 is 35.1 Å². The highest BCUT2D eigenvalue weighted by atomic mass is 19.1. The minimum atomic E-state index is -0.477. The first-order chi connectivity index (χ1) is 21.7. The fourth-order valence-electron chi connectivity index (χ4n) is 5.64. The largest absolute Gasteiger partial charge is 0.355 e. The Balaban J connectivity index is 1.41. The number of benzene rings is 1. The van der Waals surface area contributed by atoms with E-state index in [0.717, 1.165) is 6.42 Å². The van der Waals surface area contributed by atoms with Crippen LogP contribution < -0.4 is 21.5 Å². The second-order valence-corrected chi connectivity index (χ2v) is 11.1. The van der Waals surface area contributed by atoms with Crippen LogP contribution in [0.25, 0.3) is 0 Å². The third-order valence-electron chi connectivity index (χ3n) is 7.91. The number of anilines is 1. The van der Waals surface area contributed by atoms with Crippen molar-refractivity contribution in [2.75, 3.05) is 31.1 Å². The summed E-state index contributed by atoms with van der Waals surface area (Å²) in [6, 6.07) is 8.74. The van der Waals surface area contributed by atoms with Gasteiger partial charge < -0.3 is 10.2 Å². The number of amides is 3. The summed E-state index contributed by atoms with van der Waals surface area (Å²) in [6.45, 7) is 5.40. The monoisotopic (exact) mass is 617 g/mol. The van der Waals surface area contributed by atoms with E-state index in [1.54, 1.807) is 23.2 Å². The molecule has 0 spiro atoms. The third kappa shape index (κ3) is 6.92. The smallest absolute Gasteiger partial charge is 0.332 e. The molecule has 2 aliphatic rings. The quantitative estimate of drug-likeness (QED) is 0.331. The van der Waals surface area contributed by atoms with E-state index in [2.05, 4.69) is 15.3 Å². The van der Waals surface area contributed by atoms with Crippen LogP contribution in [0.3, 0.4) is 0 Å². The predicted molar refractivity (Wildman–Crippen MR) is 167 cm³/mol. The number of aliphatic imine (C=N–C) groups is 1. The fraction of sp³-hybridized carbons (Fsp3) is 0.406. The van der Waals surface area contributed by atoms with Gasteiger partial charge in [0.1, 0.15) is 17.5 Å². The van der Waals surface area contributed by atoms with Crippen molar-refractivity contribution in [1.29, 1.82) is 0 Å². The van der Waals surface area contributed by atoms with E-state index in [-0.39, 0.29) is 61.7 Å². The molecule has 0 bridgehead atoms. The Morgan fingerprint density at radius 3 is 2.44 bits per heavy atom. The van der Waals surface area contributed by atoms with E-state index >= 15 is 0 Å². The van der Waals surface area contributed by atoms with Gasteiger partial charge in [0, 0.05) is 76.4 Å². The number of hydrogen-bond acceptors (Lipinski definition) is 7. The van der Waals surface area contributed by atoms with Gasteiger partial charge in [-0.25, -0.2) is 19.2 Å². The van der Waals surface area contributed by atoms with Gasteiger partial charge in [-0.1, -0.05) is 6.92 Å². The molecule has 0 saturated carbocycles. The number of aromatic nitrogens is 3. The topological polar surface area (TPSA) is 139 Å². The van der Waals surface area contributed by atoms with Crippen LogP contribution in [0.5, 0.6) is 0 Å². The highest BCUT2D eigenvalue weighted by Gasteiger charge is 2.27. The maximum absolute atomic E-state index is 13.6. The summed E-state index contributed by atoms with van der Waals surface area (Å²) in [6.07, 6.45) is 4.25. The van der Waals surface area contributed by atoms with Gasteiger partial charge in [-0.2, -0.15) is 0 Å². The van der Waals surface area contributed by atoms with Gasteiger partial charge in [-0.15, -0.1) is 0 Å². The highest BCUT2D eigenvalue weighted by Crippen LogP contribution is 2.26. The molecule has 0 unspecified atom stereocenters. The SMILES string of the molecule is CCCn1c(=O)c2c(n(CCNC(C)=O)c1=O)N=C(c1ccc(N(CCCN3CCCC3=O)C(=O)c3ccc(F)cc3)nc1)C2. The van der Waals surface area contributed by atoms with Crippen molar-refractivity contribution in [1.82, 2.24) is 24.3 Å². The van der Waals surface area contributed by atoms with E-state index in [1.807, 2.05) is 6.92 Å². The maximum Gasteiger partial charge on any atom is 0.332 e. The molecule has 1 saturated heterocycles. The molecule has 1 fully saturated rings. The van der Waals surface area contributed by atoms with Crippen LogP contribution in [0.1, 0.15) is 61.0 Å². The Hall–Kier alpha value is -4.94. The summed E-state index contributed by atoms with van der Waals surface area (Å²) in [5, 5.41) is 2.68. The molecule has 1 N–H and O–H groups in total. The van der Waals surface area contributed by atoms with Crippen molar-refractivity contribution in [3.05, 3.63) is 85.9 Å². The van der Waals surface area contributed by atoms with Gasteiger partial charge >= 0.3 is 5.69 Å². The molecule has 4 heterocycles. The Morgan fingerprint density at radius 1 is 1.02 bits per heavy atom. The average molecular weight is 618 g/mol. The molecule has 3 aromatic rings. The lowest BCUT2D eigenvalue weighted by atomic mass is 10.1. The van der Waals surface area contributed by atoms with Crippen LogP contribution in [0.15, 0.2) is 57.2 Å². The summed E-state index contributed by atoms with van der Waals surface area (Å²) < 4.78 is 16.2. The summed E-state index contributed by atoms with van der Waals surface area (Å²) in [5.74, 6) is -0.287. The number of carbonyl (C=O) groups excluding carboxylic acids is 3. The zero-order valence-corrected chi connectivity index (χ0v) is 25.4. The lowest BCUT2D eigenvalue weighted by molar-refractivity contribution is -0.127. The van der Waals surface area contributed by atoms with Crippen molar-refractivity contribution in [3.63, 3.8) is 0 Å². The van der Waals surface area contributed by atoms with Crippen molar-refractivity contribution < 1.29 is 18.8 Å². The van der Waals surface area contributed by atoms with Crippen LogP contribution >= 0.6 is 0 Å². The molecule has 3 amide bonds. The Bertz CT molecular complexity index is 1750. The van der Waals surface area contributed by atoms with E-state index < -0.39 is 11.5 Å². The van der Waals surface area contributed by atoms with Gasteiger partial charge in [-0.3, -0.25) is 33.2 Å². The van der Waals surface area contributed by atoms with Gasteiger partial charge in [0.2, 0.25) is 11.8 Å². The molecular weight excluding hydrogens is 581 g/mol. The number of fused-ring (bicyclic) bond motifs is 1. The molecule has 0 radical (unpaired) electrons. The van der Waals surface area contributed by atoms with E-state index in [4.69, 9.17) is 0 Å². The first-order valence-electron chi connectivity index (χ1n) is 15.2. The predicted octanol–water partition coefficient (Wildman–Crippen LogP) is 2.43. The number of nitrogens with zero attached hydrogens (tertiary/aromatic N) is 6. The minimum absolute atomic E-state index is 0.106. The number of carbonyl (C=O) groups is 3. The summed E-state index contributed by atoms with van der Waals surface area (Å²) in [7, 11) is 0. The average Bonchev–Trinajstić information content (AvgIpc) is 3.66. The molecule has 12 nitrogen and oxygen atoms in total. The number of halogens is 1. The number of hydrogen-bond donors (Lipinski definition) is 1. The summed E-state index contributed by atoms with van der Waals surface area (Å²) in [4.78, 5) is 76.0. The molecule has 45 heavy (non-hydrogen) atoms. The molecule has 2 aliphatic heterocycles. The first-order valence-corrected chi connectivity index (χ1v) is 15.2. The minimum Gasteiger partial charge on any atom is -0.355 e. The molecule has 1 aromatic carbocycles. The Kier molecular flexibility index (Phi) is 9.65. The molecule has 5 rings (SSSR count). The normalized spacial score (nSPS) is 14.0. The molecule has 2 aromatic heterocycles.